The molecule has 1 spiro atoms. The minimum atomic E-state index is -0.234. The second kappa shape index (κ2) is 5.58. The van der Waals surface area contributed by atoms with Crippen LogP contribution in [0.4, 0.5) is 10.6 Å². The summed E-state index contributed by atoms with van der Waals surface area (Å²) in [7, 11) is 0. The van der Waals surface area contributed by atoms with E-state index in [4.69, 9.17) is 9.47 Å². The largest absolute Gasteiger partial charge is 0.477 e. The standard InChI is InChI=1S/C17H24N4O3/c1-11(2)8-23-14-6-13(18-10-19-14)20-15(22)21-17-7-12(17)9-24-16(17)4-3-5-16/h6,10-12H,3-5,7-9H2,1-2H3,(H2,18,19,20,21,22)/t12-,17+/m0/s1. The molecule has 1 aromatic heterocycles. The van der Waals surface area contributed by atoms with Crippen LogP contribution in [0.5, 0.6) is 5.88 Å². The van der Waals surface area contributed by atoms with E-state index in [0.717, 1.165) is 25.9 Å². The van der Waals surface area contributed by atoms with Gasteiger partial charge in [-0.3, -0.25) is 5.32 Å². The predicted octanol–water partition coefficient (Wildman–Crippen LogP) is 2.34. The summed E-state index contributed by atoms with van der Waals surface area (Å²) in [5.74, 6) is 1.78. The van der Waals surface area contributed by atoms with Gasteiger partial charge in [0, 0.05) is 12.0 Å². The van der Waals surface area contributed by atoms with E-state index in [2.05, 4.69) is 34.4 Å². The number of ether oxygens (including phenoxy) is 2. The molecule has 0 unspecified atom stereocenters. The minimum absolute atomic E-state index is 0.119. The monoisotopic (exact) mass is 332 g/mol. The summed E-state index contributed by atoms with van der Waals surface area (Å²) in [6, 6.07) is 1.41. The van der Waals surface area contributed by atoms with Gasteiger partial charge in [-0.15, -0.1) is 0 Å². The van der Waals surface area contributed by atoms with Crippen molar-refractivity contribution in [1.82, 2.24) is 15.3 Å². The van der Waals surface area contributed by atoms with Crippen LogP contribution in [-0.4, -0.2) is 40.4 Å². The molecule has 0 bridgehead atoms. The molecule has 0 radical (unpaired) electrons. The highest BCUT2D eigenvalue weighted by atomic mass is 16.5. The van der Waals surface area contributed by atoms with Crippen molar-refractivity contribution in [3.8, 4) is 5.88 Å². The lowest BCUT2D eigenvalue weighted by atomic mass is 9.73. The number of urea groups is 1. The Hall–Kier alpha value is -1.89. The lowest BCUT2D eigenvalue weighted by Gasteiger charge is -2.45. The minimum Gasteiger partial charge on any atom is -0.477 e. The molecule has 3 fully saturated rings. The van der Waals surface area contributed by atoms with Gasteiger partial charge in [0.2, 0.25) is 5.88 Å². The molecule has 2 amide bonds. The summed E-state index contributed by atoms with van der Waals surface area (Å²) < 4.78 is 11.5. The van der Waals surface area contributed by atoms with Crippen LogP contribution in [0.3, 0.4) is 0 Å². The smallest absolute Gasteiger partial charge is 0.320 e. The Bertz CT molecular complexity index is 646. The van der Waals surface area contributed by atoms with Crippen molar-refractivity contribution in [2.24, 2.45) is 11.8 Å². The van der Waals surface area contributed by atoms with Crippen LogP contribution >= 0.6 is 0 Å². The van der Waals surface area contributed by atoms with E-state index >= 15 is 0 Å². The first-order chi connectivity index (χ1) is 11.5. The highest BCUT2D eigenvalue weighted by molar-refractivity contribution is 5.89. The summed E-state index contributed by atoms with van der Waals surface area (Å²) in [4.78, 5) is 20.6. The van der Waals surface area contributed by atoms with E-state index in [9.17, 15) is 4.79 Å². The Morgan fingerprint density at radius 3 is 2.96 bits per heavy atom. The number of hydrogen-bond donors (Lipinski definition) is 2. The fraction of sp³-hybridized carbons (Fsp3) is 0.706. The van der Waals surface area contributed by atoms with Crippen LogP contribution in [-0.2, 0) is 4.74 Å². The third-order valence-corrected chi connectivity index (χ3v) is 5.42. The van der Waals surface area contributed by atoms with E-state index in [1.54, 1.807) is 6.07 Å². The van der Waals surface area contributed by atoms with Crippen molar-refractivity contribution in [2.45, 2.75) is 50.7 Å². The zero-order chi connectivity index (χ0) is 16.8. The van der Waals surface area contributed by atoms with Crippen molar-refractivity contribution in [3.63, 3.8) is 0 Å². The quantitative estimate of drug-likeness (QED) is 0.864. The molecule has 2 aliphatic carbocycles. The van der Waals surface area contributed by atoms with Gasteiger partial charge in [0.25, 0.3) is 0 Å². The fourth-order valence-electron chi connectivity index (χ4n) is 3.92. The number of rotatable bonds is 5. The number of aromatic nitrogens is 2. The molecule has 3 aliphatic rings. The summed E-state index contributed by atoms with van der Waals surface area (Å²) in [6.07, 6.45) is 5.69. The Morgan fingerprint density at radius 2 is 2.29 bits per heavy atom. The van der Waals surface area contributed by atoms with Gasteiger partial charge >= 0.3 is 6.03 Å². The molecule has 7 nitrogen and oxygen atoms in total. The molecule has 2 saturated carbocycles. The number of anilines is 1. The highest BCUT2D eigenvalue weighted by Crippen LogP contribution is 2.64. The van der Waals surface area contributed by atoms with Crippen LogP contribution in [0.2, 0.25) is 0 Å². The number of amides is 2. The van der Waals surface area contributed by atoms with Crippen LogP contribution in [0.15, 0.2) is 12.4 Å². The highest BCUT2D eigenvalue weighted by Gasteiger charge is 2.74. The van der Waals surface area contributed by atoms with Crippen LogP contribution < -0.4 is 15.4 Å². The lowest BCUT2D eigenvalue weighted by molar-refractivity contribution is -0.0932. The zero-order valence-corrected chi connectivity index (χ0v) is 14.2. The SMILES string of the molecule is CC(C)COc1cc(NC(=O)N[C@]23C[C@H]2COC32CCC2)ncn1. The number of fused-ring (bicyclic) bond motifs is 2. The maximum absolute atomic E-state index is 12.4. The summed E-state index contributed by atoms with van der Waals surface area (Å²) >= 11 is 0. The van der Waals surface area contributed by atoms with E-state index < -0.39 is 0 Å². The van der Waals surface area contributed by atoms with Crippen LogP contribution in [0.25, 0.3) is 0 Å². The van der Waals surface area contributed by atoms with Gasteiger partial charge in [-0.05, 0) is 31.6 Å². The van der Waals surface area contributed by atoms with Gasteiger partial charge in [0.05, 0.1) is 24.4 Å². The van der Waals surface area contributed by atoms with Gasteiger partial charge in [0.1, 0.15) is 12.1 Å². The van der Waals surface area contributed by atoms with Crippen LogP contribution in [0.1, 0.15) is 39.5 Å². The molecule has 1 aliphatic heterocycles. The average molecular weight is 332 g/mol. The molecule has 2 N–H and O–H groups in total. The Morgan fingerprint density at radius 1 is 1.46 bits per heavy atom. The lowest BCUT2D eigenvalue weighted by Crippen LogP contribution is -2.59. The maximum atomic E-state index is 12.4. The summed E-state index contributed by atoms with van der Waals surface area (Å²) in [5.41, 5.74) is -0.286. The third kappa shape index (κ3) is 2.51. The first kappa shape index (κ1) is 15.6. The first-order valence-electron chi connectivity index (χ1n) is 8.71. The molecule has 2 heterocycles. The van der Waals surface area contributed by atoms with Crippen molar-refractivity contribution in [1.29, 1.82) is 0 Å². The Balaban J connectivity index is 1.38. The van der Waals surface area contributed by atoms with Crippen molar-refractivity contribution in [3.05, 3.63) is 12.4 Å². The van der Waals surface area contributed by atoms with Crippen molar-refractivity contribution < 1.29 is 14.3 Å². The molecular formula is C17H24N4O3. The Kier molecular flexibility index (Phi) is 3.63. The van der Waals surface area contributed by atoms with Gasteiger partial charge in [0.15, 0.2) is 0 Å². The maximum Gasteiger partial charge on any atom is 0.320 e. The normalized spacial score (nSPS) is 29.0. The average Bonchev–Trinajstić information content (AvgIpc) is 3.09. The predicted molar refractivity (Wildman–Crippen MR) is 87.9 cm³/mol. The molecular weight excluding hydrogens is 308 g/mol. The van der Waals surface area contributed by atoms with E-state index in [-0.39, 0.29) is 17.2 Å². The topological polar surface area (TPSA) is 85.4 Å². The molecule has 7 heteroatoms. The van der Waals surface area contributed by atoms with Gasteiger partial charge in [-0.2, -0.15) is 0 Å². The Labute approximate surface area is 141 Å². The molecule has 1 saturated heterocycles. The van der Waals surface area contributed by atoms with Gasteiger partial charge in [-0.1, -0.05) is 13.8 Å². The van der Waals surface area contributed by atoms with Crippen molar-refractivity contribution in [2.75, 3.05) is 18.5 Å². The van der Waals surface area contributed by atoms with Gasteiger partial charge < -0.3 is 14.8 Å². The van der Waals surface area contributed by atoms with E-state index in [0.29, 0.717) is 30.1 Å². The molecule has 0 aromatic carbocycles. The number of nitrogens with zero attached hydrogens (tertiary/aromatic N) is 2. The number of carbonyl (C=O) groups excluding carboxylic acids is 1. The number of hydrogen-bond acceptors (Lipinski definition) is 5. The van der Waals surface area contributed by atoms with E-state index in [1.165, 1.54) is 12.7 Å². The zero-order valence-electron chi connectivity index (χ0n) is 14.2. The van der Waals surface area contributed by atoms with Gasteiger partial charge in [-0.25, -0.2) is 14.8 Å². The summed E-state index contributed by atoms with van der Waals surface area (Å²) in [5, 5.41) is 5.96. The third-order valence-electron chi connectivity index (χ3n) is 5.42. The van der Waals surface area contributed by atoms with Crippen LogP contribution in [0, 0.1) is 11.8 Å². The molecule has 1 aromatic rings. The summed E-state index contributed by atoms with van der Waals surface area (Å²) in [6.45, 7) is 5.48. The number of nitrogens with one attached hydrogen (secondary N) is 2. The fourth-order valence-corrected chi connectivity index (χ4v) is 3.92. The van der Waals surface area contributed by atoms with E-state index in [1.807, 2.05) is 0 Å². The van der Waals surface area contributed by atoms with Crippen molar-refractivity contribution >= 4 is 11.8 Å². The number of carbonyl (C=O) groups is 1. The first-order valence-corrected chi connectivity index (χ1v) is 8.71. The molecule has 130 valence electrons. The molecule has 4 rings (SSSR count). The second-order valence-corrected chi connectivity index (χ2v) is 7.56. The molecule has 2 atom stereocenters. The second-order valence-electron chi connectivity index (χ2n) is 7.56. The molecule has 24 heavy (non-hydrogen) atoms.